The number of hydrogen-bond acceptors (Lipinski definition) is 0. The van der Waals surface area contributed by atoms with Crippen LogP contribution in [0.15, 0.2) is 0 Å². The van der Waals surface area contributed by atoms with Gasteiger partial charge in [0.2, 0.25) is 0 Å². The molecule has 0 unspecified atom stereocenters. The molecule has 0 heterocycles. The van der Waals surface area contributed by atoms with E-state index in [9.17, 15) is 0 Å². The van der Waals surface area contributed by atoms with Crippen molar-refractivity contribution in [3.05, 3.63) is 0 Å². The quantitative estimate of drug-likeness (QED) is 0.0533. The van der Waals surface area contributed by atoms with Crippen LogP contribution < -0.4 is 0 Å². The summed E-state index contributed by atoms with van der Waals surface area (Å²) in [5, 5.41) is 0. The summed E-state index contributed by atoms with van der Waals surface area (Å²) in [7, 11) is 519. The molecule has 0 aromatic heterocycles. The Labute approximate surface area is 958 Å². The summed E-state index contributed by atoms with van der Waals surface area (Å²) < 4.78 is 0. The van der Waals surface area contributed by atoms with Gasteiger partial charge in [-0.3, -0.25) is 0 Å². The monoisotopic (exact) mass is 1510 g/mol. The van der Waals surface area contributed by atoms with Crippen LogP contribution in [0.3, 0.4) is 0 Å². The molecule has 0 rings (SSSR count). The first-order chi connectivity index (χ1) is 62.4. The molecule has 0 atom stereocenters. The molecule has 137 heteroatoms. The van der Waals surface area contributed by atoms with Crippen molar-refractivity contribution in [3.8, 4) is 0 Å². The van der Waals surface area contributed by atoms with Crippen molar-refractivity contribution in [2.75, 3.05) is 0 Å². The van der Waals surface area contributed by atoms with Crippen LogP contribution in [0.1, 0.15) is 0 Å². The van der Waals surface area contributed by atoms with Gasteiger partial charge in [0.05, 0.1) is 0 Å². The molecule has 0 N–H and O–H groups in total. The standard InChI is InChI=1S/B137/c1-70-105(71(2)3)122(104(68)69)131(123(106(72(4)5)73(6)7)107(74(8)9)75(10)11)135(130(120(100(60)61)101(62)63)121(102(64)65)103(66)67)137(134(128(116(92(44)45)93(46)47)117(94(48)49)95(50)51)129(118(96(52)53)97(54)55)119(98(56)57)99(58)59)136(132(124(108(76(12)13)77(14)15)109(78(16)17)79(18)19)125(110(80(20)21)81(22)23)111(82(24)25)83(26)27)133(126(112(84(28)29)85(30)31)113(86(32)33)87(34)35)127(114(88(36)37)89(38)39)115(90(40)41)91(42)43. The smallest absolute Gasteiger partial charge is 0 e. The van der Waals surface area contributed by atoms with Crippen LogP contribution in [-0.4, -0.2) is 969 Å². The molecule has 137 heavy (non-hydrogen) atoms. The first-order valence-corrected chi connectivity index (χ1v) is 45.3. The van der Waals surface area contributed by atoms with Crippen molar-refractivity contribution >= 4 is 969 Å². The van der Waals surface area contributed by atoms with Crippen molar-refractivity contribution in [1.82, 2.24) is 0 Å². The molecule has 0 saturated carbocycles. The zero-order valence-corrected chi connectivity index (χ0v) is 79.1. The van der Waals surface area contributed by atoms with Gasteiger partial charge in [-0.2, -0.15) is 0 Å². The van der Waals surface area contributed by atoms with E-state index in [4.69, 9.17) is 534 Å². The van der Waals surface area contributed by atoms with Gasteiger partial charge in [-0.05, 0) is 0 Å². The van der Waals surface area contributed by atoms with E-state index in [1.165, 1.54) is 0 Å². The van der Waals surface area contributed by atoms with Gasteiger partial charge in [0.15, 0.2) is 0 Å². The summed E-state index contributed by atoms with van der Waals surface area (Å²) in [6, 6.07) is 0. The third-order valence-electron chi connectivity index (χ3n) is 29.6. The molecule has 0 fully saturated rings. The molecular weight excluding hydrogens is 1480 g/mol. The molecule has 0 amide bonds. The Kier molecular flexibility index (Phi) is 71.8. The maximum absolute atomic E-state index is 7.80. The Hall–Kier alpha value is 8.90. The highest BCUT2D eigenvalue weighted by Gasteiger charge is 2.72. The predicted octanol–water partition coefficient (Wildman–Crippen LogP) is -52.2. The Morgan fingerprint density at radius 1 is 0.0657 bits per heavy atom. The average molecular weight is 1480 g/mol. The van der Waals surface area contributed by atoms with Gasteiger partial charge >= 0.3 is 0 Å². The lowest BCUT2D eigenvalue weighted by Gasteiger charge is -2.65. The average Bonchev–Trinajstić information content (AvgIpc) is 0.696. The predicted molar refractivity (Wildman–Crippen MR) is 788 cm³/mol. The molecule has 411 valence electrons. The third kappa shape index (κ3) is 39.2. The zero-order valence-electron chi connectivity index (χ0n) is 79.1. The van der Waals surface area contributed by atoms with Crippen molar-refractivity contribution in [1.29, 1.82) is 0 Å². The van der Waals surface area contributed by atoms with E-state index in [2.05, 4.69) is 0 Å². The summed E-state index contributed by atoms with van der Waals surface area (Å²) in [4.78, 5) is 0. The fraction of sp³-hybridized carbons (Fsp3) is 0. The van der Waals surface area contributed by atoms with E-state index >= 15 is 0 Å². The van der Waals surface area contributed by atoms with Gasteiger partial charge in [-0.15, -0.1) is 0 Å². The summed E-state index contributed by atoms with van der Waals surface area (Å²) in [6.45, 7) is 0. The van der Waals surface area contributed by atoms with E-state index in [0.29, 0.717) is 0 Å². The van der Waals surface area contributed by atoms with Crippen LogP contribution in [0.5, 0.6) is 0 Å². The van der Waals surface area contributed by atoms with Crippen molar-refractivity contribution in [2.24, 2.45) is 0 Å². The Balaban J connectivity index is 18.1. The molecule has 0 saturated heterocycles. The molecule has 0 aliphatic carbocycles. The molecule has 139 radical (unpaired) electrons. The molecule has 0 spiro atoms. The van der Waals surface area contributed by atoms with Crippen molar-refractivity contribution < 1.29 is 0 Å². The minimum atomic E-state index is -2.95. The maximum Gasteiger partial charge on any atom is 0 e. The van der Waals surface area contributed by atoms with Crippen LogP contribution >= 0.6 is 0 Å². The molecule has 0 bridgehead atoms. The molecular formula is B137. The van der Waals surface area contributed by atoms with Crippen LogP contribution in [0.4, 0.5) is 0 Å². The number of hydrogen-bond donors (Lipinski definition) is 0. The summed E-state index contributed by atoms with van der Waals surface area (Å²) in [5.41, 5.74) is 0. The van der Waals surface area contributed by atoms with Crippen molar-refractivity contribution in [2.45, 2.75) is 0 Å². The van der Waals surface area contributed by atoms with Gasteiger partial charge in [-0.25, -0.2) is 0 Å². The normalized spacial score (nSPS) is 9.87. The van der Waals surface area contributed by atoms with Crippen LogP contribution in [0.2, 0.25) is 0 Å². The summed E-state index contributed by atoms with van der Waals surface area (Å²) in [6.07, 6.45) is -151. The summed E-state index contributed by atoms with van der Waals surface area (Å²) >= 11 is 0. The Morgan fingerprint density at radius 3 is 0.161 bits per heavy atom. The molecule has 0 aliphatic heterocycles. The minimum Gasteiger partial charge on any atom is 0 e. The summed E-state index contributed by atoms with van der Waals surface area (Å²) in [5.74, 6) is 0. The topological polar surface area (TPSA) is 0 Å². The van der Waals surface area contributed by atoms with Gasteiger partial charge in [0.25, 0.3) is 0 Å². The first kappa shape index (κ1) is 146. The zero-order chi connectivity index (χ0) is 108. The highest BCUT2D eigenvalue weighted by Crippen LogP contribution is 2.34. The van der Waals surface area contributed by atoms with E-state index in [1.54, 1.807) is 0 Å². The van der Waals surface area contributed by atoms with E-state index in [-0.39, 0.29) is 0 Å². The van der Waals surface area contributed by atoms with Gasteiger partial charge in [0.1, 0.15) is 0 Å². The minimum absolute atomic E-state index is 0.912. The van der Waals surface area contributed by atoms with Gasteiger partial charge in [0, 0.05) is 969 Å². The second kappa shape index (κ2) is 67.5. The van der Waals surface area contributed by atoms with Gasteiger partial charge in [-0.1, -0.05) is 0 Å². The van der Waals surface area contributed by atoms with Gasteiger partial charge < -0.3 is 0 Å². The highest BCUT2D eigenvalue weighted by molar-refractivity contribution is 8.48. The number of rotatable bonds is 67. The molecule has 0 aromatic carbocycles. The van der Waals surface area contributed by atoms with Crippen LogP contribution in [0, 0.1) is 0 Å². The highest BCUT2D eigenvalue weighted by atomic mass is 13.5. The lowest BCUT2D eigenvalue weighted by Crippen LogP contribution is -3.03. The lowest BCUT2D eigenvalue weighted by atomic mass is 8.16. The largest absolute Gasteiger partial charge is 0 e. The lowest BCUT2D eigenvalue weighted by molar-refractivity contribution is 3.10. The third-order valence-corrected chi connectivity index (χ3v) is 29.6. The maximum atomic E-state index is 7.80. The van der Waals surface area contributed by atoms with E-state index < -0.39 is 428 Å². The molecule has 0 aliphatic rings. The van der Waals surface area contributed by atoms with E-state index in [1.807, 2.05) is 0 Å². The van der Waals surface area contributed by atoms with Crippen molar-refractivity contribution in [3.63, 3.8) is 0 Å². The van der Waals surface area contributed by atoms with Crippen LogP contribution in [0.25, 0.3) is 0 Å². The second-order valence-corrected chi connectivity index (χ2v) is 38.9. The Morgan fingerprint density at radius 2 is 0.117 bits per heavy atom. The molecule has 0 nitrogen and oxygen atoms in total. The second-order valence-electron chi connectivity index (χ2n) is 38.9. The SMILES string of the molecule is [B][B]B(B([B])[B])B(B([B])[B])B(B(B(B([B])[B])B([B])[B])B(B([B])[B])B([B])[B])B(B(B(B([B])[B])B([B])[B])B(B([B])[B])B([B])[B])B(B(B(B(B([B])[B])B([B])[B])B(B([B])[B])B([B])[B])B(B(B([B])[B])B([B])[B])B(B([B])[B])B([B])[B])B(B(B(B(B([B])[B])B([B])[B])B(B([B])[B])B([B])[B])B(B(B([B])[B])B([B])[B])B(B([B])[B])B([B])[B])B(B(B(B([B])[B])B([B])[B])B(B([B])[B])B([B])[B])B(B(B([B])[B])B([B])[B])B(B([B])[B])B([B])[B]. The molecule has 0 aromatic rings. The fourth-order valence-electron chi connectivity index (χ4n) is 25.1. The van der Waals surface area contributed by atoms with Crippen LogP contribution in [-0.2, 0) is 0 Å². The fourth-order valence-corrected chi connectivity index (χ4v) is 25.1. The first-order valence-electron chi connectivity index (χ1n) is 45.3. The van der Waals surface area contributed by atoms with E-state index in [0.717, 1.165) is 7.06 Å². The Bertz CT molecular complexity index is 2390.